The number of carbonyl (C=O) groups excluding carboxylic acids is 1. The van der Waals surface area contributed by atoms with E-state index in [4.69, 9.17) is 5.73 Å². The van der Waals surface area contributed by atoms with E-state index < -0.39 is 0 Å². The van der Waals surface area contributed by atoms with Gasteiger partial charge >= 0.3 is 0 Å². The number of hydrogen-bond donors (Lipinski definition) is 3. The van der Waals surface area contributed by atoms with Crippen LogP contribution in [0, 0.1) is 0 Å². The van der Waals surface area contributed by atoms with E-state index in [1.165, 1.54) is 5.56 Å². The second-order valence-electron chi connectivity index (χ2n) is 5.03. The Kier molecular flexibility index (Phi) is 4.48. The molecule has 1 unspecified atom stereocenters. The lowest BCUT2D eigenvalue weighted by molar-refractivity contribution is 0.0937. The minimum Gasteiger partial charge on any atom is -0.505 e. The third kappa shape index (κ3) is 3.34. The maximum atomic E-state index is 12.2. The van der Waals surface area contributed by atoms with E-state index in [-0.39, 0.29) is 28.9 Å². The van der Waals surface area contributed by atoms with Crippen LogP contribution in [0.5, 0.6) is 5.75 Å². The molecule has 0 aromatic heterocycles. The van der Waals surface area contributed by atoms with Crippen LogP contribution in [0.25, 0.3) is 0 Å². The minimum absolute atomic E-state index is 0.149. The van der Waals surface area contributed by atoms with E-state index in [1.54, 1.807) is 18.2 Å². The lowest BCUT2D eigenvalue weighted by Gasteiger charge is -2.15. The van der Waals surface area contributed by atoms with Crippen LogP contribution in [0.3, 0.4) is 0 Å². The van der Waals surface area contributed by atoms with Gasteiger partial charge in [0.25, 0.3) is 5.91 Å². The van der Waals surface area contributed by atoms with E-state index in [2.05, 4.69) is 24.4 Å². The molecule has 110 valence electrons. The highest BCUT2D eigenvalue weighted by Gasteiger charge is 2.15. The Morgan fingerprint density at radius 3 is 2.52 bits per heavy atom. The fourth-order valence-corrected chi connectivity index (χ4v) is 2.14. The van der Waals surface area contributed by atoms with Gasteiger partial charge in [-0.2, -0.15) is 0 Å². The first-order chi connectivity index (χ1) is 10.0. The normalized spacial score (nSPS) is 11.9. The van der Waals surface area contributed by atoms with Gasteiger partial charge in [0.1, 0.15) is 0 Å². The molecule has 1 amide bonds. The summed E-state index contributed by atoms with van der Waals surface area (Å²) in [6, 6.07) is 12.7. The van der Waals surface area contributed by atoms with Crippen molar-refractivity contribution in [3.05, 3.63) is 59.2 Å². The van der Waals surface area contributed by atoms with E-state index >= 15 is 0 Å². The summed E-state index contributed by atoms with van der Waals surface area (Å²) in [6.07, 6.45) is 0.984. The molecule has 1 atom stereocenters. The zero-order valence-corrected chi connectivity index (χ0v) is 12.3. The Balaban J connectivity index is 2.12. The number of nitrogens with two attached hydrogens (primary N) is 1. The number of hydrogen-bond acceptors (Lipinski definition) is 3. The van der Waals surface area contributed by atoms with Crippen LogP contribution in [-0.4, -0.2) is 11.0 Å². The molecule has 4 nitrogen and oxygen atoms in total. The molecule has 0 saturated heterocycles. The van der Waals surface area contributed by atoms with Crippen LogP contribution in [0.15, 0.2) is 42.5 Å². The molecule has 0 heterocycles. The largest absolute Gasteiger partial charge is 0.505 e. The van der Waals surface area contributed by atoms with Crippen molar-refractivity contribution in [1.82, 2.24) is 5.32 Å². The van der Waals surface area contributed by atoms with Gasteiger partial charge in [-0.1, -0.05) is 37.3 Å². The second-order valence-corrected chi connectivity index (χ2v) is 5.03. The molecular formula is C17H20N2O2. The van der Waals surface area contributed by atoms with Gasteiger partial charge in [-0.05, 0) is 36.6 Å². The average molecular weight is 284 g/mol. The van der Waals surface area contributed by atoms with Crippen LogP contribution in [-0.2, 0) is 6.42 Å². The van der Waals surface area contributed by atoms with Crippen LogP contribution >= 0.6 is 0 Å². The van der Waals surface area contributed by atoms with Crippen molar-refractivity contribution in [2.24, 2.45) is 0 Å². The molecule has 0 bridgehead atoms. The summed E-state index contributed by atoms with van der Waals surface area (Å²) < 4.78 is 0. The van der Waals surface area contributed by atoms with Crippen LogP contribution < -0.4 is 11.1 Å². The highest BCUT2D eigenvalue weighted by molar-refractivity contribution is 5.98. The first-order valence-electron chi connectivity index (χ1n) is 7.00. The summed E-state index contributed by atoms with van der Waals surface area (Å²) >= 11 is 0. The fraction of sp³-hybridized carbons (Fsp3) is 0.235. The van der Waals surface area contributed by atoms with Crippen molar-refractivity contribution < 1.29 is 9.90 Å². The summed E-state index contributed by atoms with van der Waals surface area (Å²) in [5.41, 5.74) is 8.26. The van der Waals surface area contributed by atoms with Gasteiger partial charge in [-0.3, -0.25) is 4.79 Å². The predicted octanol–water partition coefficient (Wildman–Crippen LogP) is 3.03. The summed E-state index contributed by atoms with van der Waals surface area (Å²) in [4.78, 5) is 12.2. The average Bonchev–Trinajstić information content (AvgIpc) is 2.50. The van der Waals surface area contributed by atoms with Gasteiger partial charge in [-0.25, -0.2) is 0 Å². The number of nitrogen functional groups attached to an aromatic ring is 1. The molecule has 4 heteroatoms. The van der Waals surface area contributed by atoms with E-state index in [1.807, 2.05) is 19.1 Å². The highest BCUT2D eigenvalue weighted by atomic mass is 16.3. The zero-order valence-electron chi connectivity index (χ0n) is 12.3. The first kappa shape index (κ1) is 14.9. The first-order valence-corrected chi connectivity index (χ1v) is 7.00. The quantitative estimate of drug-likeness (QED) is 0.596. The van der Waals surface area contributed by atoms with Gasteiger partial charge in [0.05, 0.1) is 17.3 Å². The van der Waals surface area contributed by atoms with Crippen LogP contribution in [0.1, 0.15) is 41.4 Å². The summed E-state index contributed by atoms with van der Waals surface area (Å²) in [6.45, 7) is 4.00. The minimum atomic E-state index is -0.341. The SMILES string of the molecule is CCc1ccc(C(C)NC(=O)c2cccc(N)c2O)cc1. The van der Waals surface area contributed by atoms with Crippen molar-refractivity contribution in [3.8, 4) is 5.75 Å². The molecule has 0 aliphatic carbocycles. The molecule has 0 aliphatic rings. The van der Waals surface area contributed by atoms with Gasteiger partial charge in [0, 0.05) is 0 Å². The monoisotopic (exact) mass is 284 g/mol. The van der Waals surface area contributed by atoms with Crippen LogP contribution in [0.4, 0.5) is 5.69 Å². The Morgan fingerprint density at radius 2 is 1.90 bits per heavy atom. The maximum Gasteiger partial charge on any atom is 0.255 e. The Labute approximate surface area is 124 Å². The van der Waals surface area contributed by atoms with Crippen molar-refractivity contribution in [1.29, 1.82) is 0 Å². The van der Waals surface area contributed by atoms with Gasteiger partial charge in [0.2, 0.25) is 0 Å². The lowest BCUT2D eigenvalue weighted by atomic mass is 10.0. The number of aryl methyl sites for hydroxylation is 1. The molecule has 0 fully saturated rings. The number of aromatic hydroxyl groups is 1. The number of carbonyl (C=O) groups is 1. The molecule has 0 radical (unpaired) electrons. The fourth-order valence-electron chi connectivity index (χ4n) is 2.14. The molecule has 4 N–H and O–H groups in total. The van der Waals surface area contributed by atoms with Crippen molar-refractivity contribution in [2.75, 3.05) is 5.73 Å². The summed E-state index contributed by atoms with van der Waals surface area (Å²) in [5, 5.41) is 12.7. The summed E-state index contributed by atoms with van der Waals surface area (Å²) in [5.74, 6) is -0.518. The number of phenolic OH excluding ortho intramolecular Hbond substituents is 1. The smallest absolute Gasteiger partial charge is 0.255 e. The van der Waals surface area contributed by atoms with E-state index in [0.717, 1.165) is 12.0 Å². The number of amides is 1. The lowest BCUT2D eigenvalue weighted by Crippen LogP contribution is -2.26. The molecule has 0 saturated carbocycles. The number of benzene rings is 2. The summed E-state index contributed by atoms with van der Waals surface area (Å²) in [7, 11) is 0. The van der Waals surface area contributed by atoms with Crippen molar-refractivity contribution in [3.63, 3.8) is 0 Å². The third-order valence-electron chi connectivity index (χ3n) is 3.55. The van der Waals surface area contributed by atoms with Gasteiger partial charge < -0.3 is 16.2 Å². The molecule has 0 aliphatic heterocycles. The molecule has 0 spiro atoms. The van der Waals surface area contributed by atoms with E-state index in [9.17, 15) is 9.90 Å². The topological polar surface area (TPSA) is 75.4 Å². The van der Waals surface area contributed by atoms with Crippen LogP contribution in [0.2, 0.25) is 0 Å². The molecular weight excluding hydrogens is 264 g/mol. The predicted molar refractivity (Wildman–Crippen MR) is 84.2 cm³/mol. The number of para-hydroxylation sites is 1. The van der Waals surface area contributed by atoms with Crippen molar-refractivity contribution in [2.45, 2.75) is 26.3 Å². The Morgan fingerprint density at radius 1 is 1.24 bits per heavy atom. The molecule has 2 aromatic carbocycles. The third-order valence-corrected chi connectivity index (χ3v) is 3.55. The van der Waals surface area contributed by atoms with Gasteiger partial charge in [0.15, 0.2) is 5.75 Å². The second kappa shape index (κ2) is 6.31. The Bertz CT molecular complexity index is 636. The van der Waals surface area contributed by atoms with E-state index in [0.29, 0.717) is 0 Å². The molecule has 21 heavy (non-hydrogen) atoms. The standard InChI is InChI=1S/C17H20N2O2/c1-3-12-7-9-13(10-8-12)11(2)19-17(21)14-5-4-6-15(18)16(14)20/h4-11,20H,3,18H2,1-2H3,(H,19,21). The number of anilines is 1. The molecule has 2 rings (SSSR count). The number of rotatable bonds is 4. The molecule has 2 aromatic rings. The van der Waals surface area contributed by atoms with Gasteiger partial charge in [-0.15, -0.1) is 0 Å². The number of phenols is 1. The van der Waals surface area contributed by atoms with Crippen molar-refractivity contribution >= 4 is 11.6 Å². The highest BCUT2D eigenvalue weighted by Crippen LogP contribution is 2.25. The Hall–Kier alpha value is -2.49. The zero-order chi connectivity index (χ0) is 15.4. The maximum absolute atomic E-state index is 12.2. The number of nitrogens with one attached hydrogen (secondary N) is 1.